The molecule has 0 fully saturated rings. The van der Waals surface area contributed by atoms with Crippen LogP contribution < -0.4 is 0 Å². The van der Waals surface area contributed by atoms with Gasteiger partial charge in [-0.1, -0.05) is 43.0 Å². The fraction of sp³-hybridized carbons (Fsp3) is 0.167. The van der Waals surface area contributed by atoms with E-state index in [1.54, 1.807) is 6.08 Å². The Balaban J connectivity index is 2.73. The second-order valence-corrected chi connectivity index (χ2v) is 2.96. The van der Waals surface area contributed by atoms with Gasteiger partial charge in [-0.15, -0.1) is 6.58 Å². The molecule has 0 bridgehead atoms. The fourth-order valence-corrected chi connectivity index (χ4v) is 1.17. The Morgan fingerprint density at radius 2 is 2.00 bits per heavy atom. The predicted molar refractivity (Wildman–Crippen MR) is 55.4 cm³/mol. The number of hydrogen-bond donors (Lipinski definition) is 1. The number of aliphatic hydroxyl groups is 1. The van der Waals surface area contributed by atoms with Crippen LogP contribution in [-0.2, 0) is 0 Å². The molecule has 1 nitrogen and oxygen atoms in total. The molecule has 0 saturated heterocycles. The zero-order valence-corrected chi connectivity index (χ0v) is 7.61. The van der Waals surface area contributed by atoms with Gasteiger partial charge in [0.15, 0.2) is 0 Å². The van der Waals surface area contributed by atoms with E-state index < -0.39 is 6.10 Å². The molecule has 1 heteroatoms. The summed E-state index contributed by atoms with van der Waals surface area (Å²) in [6.45, 7) is 7.40. The first kappa shape index (κ1) is 9.75. The zero-order valence-electron chi connectivity index (χ0n) is 7.61. The highest BCUT2D eigenvalue weighted by molar-refractivity contribution is 5.25. The van der Waals surface area contributed by atoms with Crippen LogP contribution in [0.2, 0.25) is 0 Å². The second kappa shape index (κ2) is 4.63. The van der Waals surface area contributed by atoms with E-state index >= 15 is 0 Å². The molecule has 0 radical (unpaired) electrons. The van der Waals surface area contributed by atoms with Crippen LogP contribution in [0.25, 0.3) is 0 Å². The molecular weight excluding hydrogens is 160 g/mol. The molecule has 1 N–H and O–H groups in total. The van der Waals surface area contributed by atoms with Gasteiger partial charge < -0.3 is 5.11 Å². The van der Waals surface area contributed by atoms with Gasteiger partial charge in [-0.3, -0.25) is 0 Å². The molecule has 68 valence electrons. The molecule has 0 saturated carbocycles. The Hall–Kier alpha value is -1.34. The van der Waals surface area contributed by atoms with E-state index in [0.29, 0.717) is 6.42 Å². The molecule has 1 unspecified atom stereocenters. The van der Waals surface area contributed by atoms with Gasteiger partial charge in [0, 0.05) is 0 Å². The van der Waals surface area contributed by atoms with Crippen molar-refractivity contribution in [2.24, 2.45) is 0 Å². The van der Waals surface area contributed by atoms with Crippen molar-refractivity contribution in [2.45, 2.75) is 12.5 Å². The summed E-state index contributed by atoms with van der Waals surface area (Å²) in [7, 11) is 0. The number of rotatable bonds is 4. The average Bonchev–Trinajstić information content (AvgIpc) is 2.18. The first-order valence-corrected chi connectivity index (χ1v) is 4.27. The Kier molecular flexibility index (Phi) is 3.47. The van der Waals surface area contributed by atoms with Gasteiger partial charge in [0.25, 0.3) is 0 Å². The summed E-state index contributed by atoms with van der Waals surface area (Å²) in [4.78, 5) is 0. The van der Waals surface area contributed by atoms with E-state index in [1.165, 1.54) is 0 Å². The number of allylic oxidation sites excluding steroid dienone is 1. The van der Waals surface area contributed by atoms with Crippen LogP contribution in [-0.4, -0.2) is 5.11 Å². The lowest BCUT2D eigenvalue weighted by Gasteiger charge is -2.12. The molecule has 1 rings (SSSR count). The molecule has 1 aromatic rings. The van der Waals surface area contributed by atoms with Crippen molar-refractivity contribution in [2.75, 3.05) is 0 Å². The van der Waals surface area contributed by atoms with Crippen molar-refractivity contribution in [1.82, 2.24) is 0 Å². The highest BCUT2D eigenvalue weighted by atomic mass is 16.3. The second-order valence-electron chi connectivity index (χ2n) is 2.96. The first-order valence-electron chi connectivity index (χ1n) is 4.27. The minimum absolute atomic E-state index is 0.570. The standard InChI is InChI=1S/C12H14O/c1-3-7-10(2)12(13)11-8-5-4-6-9-11/h3-6,8-9,12-13H,1-2,7H2. The maximum absolute atomic E-state index is 9.77. The molecule has 0 aliphatic heterocycles. The van der Waals surface area contributed by atoms with Crippen molar-refractivity contribution in [3.63, 3.8) is 0 Å². The molecule has 1 aromatic carbocycles. The Morgan fingerprint density at radius 1 is 1.38 bits per heavy atom. The highest BCUT2D eigenvalue weighted by Crippen LogP contribution is 2.21. The smallest absolute Gasteiger partial charge is 0.100 e. The van der Waals surface area contributed by atoms with E-state index in [2.05, 4.69) is 13.2 Å². The fourth-order valence-electron chi connectivity index (χ4n) is 1.17. The topological polar surface area (TPSA) is 20.2 Å². The van der Waals surface area contributed by atoms with E-state index in [0.717, 1.165) is 11.1 Å². The molecule has 0 spiro atoms. The lowest BCUT2D eigenvalue weighted by atomic mass is 10.0. The van der Waals surface area contributed by atoms with Crippen molar-refractivity contribution < 1.29 is 5.11 Å². The molecule has 0 aliphatic rings. The van der Waals surface area contributed by atoms with Gasteiger partial charge in [-0.2, -0.15) is 0 Å². The van der Waals surface area contributed by atoms with Crippen LogP contribution in [0, 0.1) is 0 Å². The van der Waals surface area contributed by atoms with Gasteiger partial charge in [0.05, 0.1) is 0 Å². The van der Waals surface area contributed by atoms with Crippen molar-refractivity contribution in [3.8, 4) is 0 Å². The number of benzene rings is 1. The molecule has 13 heavy (non-hydrogen) atoms. The van der Waals surface area contributed by atoms with Crippen molar-refractivity contribution in [1.29, 1.82) is 0 Å². The Bertz CT molecular complexity index is 287. The van der Waals surface area contributed by atoms with Crippen LogP contribution >= 0.6 is 0 Å². The predicted octanol–water partition coefficient (Wildman–Crippen LogP) is 2.85. The van der Waals surface area contributed by atoms with Crippen LogP contribution in [0.3, 0.4) is 0 Å². The van der Waals surface area contributed by atoms with E-state index in [9.17, 15) is 5.11 Å². The first-order chi connectivity index (χ1) is 6.25. The maximum Gasteiger partial charge on any atom is 0.100 e. The average molecular weight is 174 g/mol. The SMILES string of the molecule is C=CCC(=C)C(O)c1ccccc1. The zero-order chi connectivity index (χ0) is 9.68. The van der Waals surface area contributed by atoms with Gasteiger partial charge >= 0.3 is 0 Å². The third-order valence-electron chi connectivity index (χ3n) is 1.91. The van der Waals surface area contributed by atoms with Crippen LogP contribution in [0.5, 0.6) is 0 Å². The van der Waals surface area contributed by atoms with E-state index in [1.807, 2.05) is 30.3 Å². The molecule has 0 aliphatic carbocycles. The molecule has 1 atom stereocenters. The third-order valence-corrected chi connectivity index (χ3v) is 1.91. The third kappa shape index (κ3) is 2.56. The minimum Gasteiger partial charge on any atom is -0.384 e. The summed E-state index contributed by atoms with van der Waals surface area (Å²) in [6.07, 6.45) is 1.82. The van der Waals surface area contributed by atoms with Crippen LogP contribution in [0.15, 0.2) is 55.1 Å². The van der Waals surface area contributed by atoms with E-state index in [-0.39, 0.29) is 0 Å². The van der Waals surface area contributed by atoms with Crippen LogP contribution in [0.1, 0.15) is 18.1 Å². The van der Waals surface area contributed by atoms with Crippen LogP contribution in [0.4, 0.5) is 0 Å². The normalized spacial score (nSPS) is 12.1. The Labute approximate surface area is 79.0 Å². The monoisotopic (exact) mass is 174 g/mol. The molecule has 0 amide bonds. The Morgan fingerprint density at radius 3 is 2.54 bits per heavy atom. The van der Waals surface area contributed by atoms with Gasteiger partial charge in [-0.25, -0.2) is 0 Å². The molecule has 0 heterocycles. The summed E-state index contributed by atoms with van der Waals surface area (Å²) < 4.78 is 0. The van der Waals surface area contributed by atoms with E-state index in [4.69, 9.17) is 0 Å². The lowest BCUT2D eigenvalue weighted by molar-refractivity contribution is 0.214. The number of hydrogen-bond acceptors (Lipinski definition) is 1. The summed E-state index contributed by atoms with van der Waals surface area (Å²) in [6, 6.07) is 9.50. The van der Waals surface area contributed by atoms with Gasteiger partial charge in [-0.05, 0) is 17.6 Å². The van der Waals surface area contributed by atoms with Crippen molar-refractivity contribution >= 4 is 0 Å². The van der Waals surface area contributed by atoms with Gasteiger partial charge in [0.1, 0.15) is 6.10 Å². The van der Waals surface area contributed by atoms with Crippen molar-refractivity contribution in [3.05, 3.63) is 60.7 Å². The lowest BCUT2D eigenvalue weighted by Crippen LogP contribution is -1.99. The largest absolute Gasteiger partial charge is 0.384 e. The minimum atomic E-state index is -0.570. The maximum atomic E-state index is 9.77. The summed E-state index contributed by atoms with van der Waals surface area (Å²) >= 11 is 0. The number of aliphatic hydroxyl groups excluding tert-OH is 1. The molecular formula is C12H14O. The quantitative estimate of drug-likeness (QED) is 0.696. The summed E-state index contributed by atoms with van der Waals surface area (Å²) in [5, 5.41) is 9.77. The summed E-state index contributed by atoms with van der Waals surface area (Å²) in [5.74, 6) is 0. The highest BCUT2D eigenvalue weighted by Gasteiger charge is 2.08. The summed E-state index contributed by atoms with van der Waals surface area (Å²) in [5.41, 5.74) is 1.66. The molecule has 0 aromatic heterocycles. The van der Waals surface area contributed by atoms with Gasteiger partial charge in [0.2, 0.25) is 0 Å².